The summed E-state index contributed by atoms with van der Waals surface area (Å²) in [6.45, 7) is 9.92. The molecule has 0 bridgehead atoms. The number of rotatable bonds is 6. The van der Waals surface area contributed by atoms with Gasteiger partial charge in [0.25, 0.3) is 0 Å². The van der Waals surface area contributed by atoms with E-state index in [-0.39, 0.29) is 18.0 Å². The van der Waals surface area contributed by atoms with Crippen LogP contribution in [0.4, 0.5) is 4.39 Å². The third kappa shape index (κ3) is 4.46. The second-order valence-corrected chi connectivity index (χ2v) is 5.87. The van der Waals surface area contributed by atoms with Crippen molar-refractivity contribution >= 4 is 0 Å². The van der Waals surface area contributed by atoms with Gasteiger partial charge in [0.1, 0.15) is 5.82 Å². The largest absolute Gasteiger partial charge is 0.374 e. The molecule has 0 radical (unpaired) electrons. The molecule has 1 aliphatic rings. The summed E-state index contributed by atoms with van der Waals surface area (Å²) in [6.07, 6.45) is 4.02. The monoisotopic (exact) mass is 295 g/mol. The number of nitrogens with one attached hydrogen (secondary N) is 1. The van der Waals surface area contributed by atoms with Crippen molar-refractivity contribution in [2.24, 2.45) is 0 Å². The number of morpholine rings is 1. The molecule has 1 N–H and O–H groups in total. The standard InChI is InChI=1S/C16H26FN3O/c1-4-5-19-16(13-8-14(17)10-18-9-13)15-11-20(12(2)3)6-7-21-15/h8-10,12,15-16,19H,4-7,11H2,1-3H3. The van der Waals surface area contributed by atoms with Crippen molar-refractivity contribution in [3.05, 3.63) is 29.8 Å². The van der Waals surface area contributed by atoms with E-state index in [1.807, 2.05) is 0 Å². The Hall–Kier alpha value is -1.04. The van der Waals surface area contributed by atoms with Crippen LogP contribution in [-0.4, -0.2) is 48.3 Å². The molecule has 0 amide bonds. The van der Waals surface area contributed by atoms with E-state index >= 15 is 0 Å². The zero-order chi connectivity index (χ0) is 15.2. The fraction of sp³-hybridized carbons (Fsp3) is 0.688. The normalized spacial score (nSPS) is 21.7. The Balaban J connectivity index is 2.15. The maximum atomic E-state index is 13.5. The van der Waals surface area contributed by atoms with Gasteiger partial charge in [-0.15, -0.1) is 0 Å². The zero-order valence-electron chi connectivity index (χ0n) is 13.2. The van der Waals surface area contributed by atoms with E-state index in [4.69, 9.17) is 4.74 Å². The predicted octanol–water partition coefficient (Wildman–Crippen LogP) is 2.37. The van der Waals surface area contributed by atoms with Crippen LogP contribution in [0.15, 0.2) is 18.5 Å². The lowest BCUT2D eigenvalue weighted by molar-refractivity contribution is -0.0561. The molecule has 0 spiro atoms. The van der Waals surface area contributed by atoms with Crippen LogP contribution >= 0.6 is 0 Å². The quantitative estimate of drug-likeness (QED) is 0.874. The molecule has 2 atom stereocenters. The lowest BCUT2D eigenvalue weighted by Crippen LogP contribution is -2.50. The van der Waals surface area contributed by atoms with E-state index in [1.165, 1.54) is 6.20 Å². The van der Waals surface area contributed by atoms with Crippen LogP contribution in [-0.2, 0) is 4.74 Å². The molecule has 21 heavy (non-hydrogen) atoms. The van der Waals surface area contributed by atoms with Gasteiger partial charge in [0, 0.05) is 25.3 Å². The lowest BCUT2D eigenvalue weighted by Gasteiger charge is -2.39. The van der Waals surface area contributed by atoms with Crippen molar-refractivity contribution in [1.29, 1.82) is 0 Å². The molecule has 4 nitrogen and oxygen atoms in total. The molecule has 5 heteroatoms. The molecule has 0 saturated carbocycles. The van der Waals surface area contributed by atoms with Gasteiger partial charge in [0.15, 0.2) is 0 Å². The Morgan fingerprint density at radius 2 is 2.29 bits per heavy atom. The highest BCUT2D eigenvalue weighted by Gasteiger charge is 2.30. The highest BCUT2D eigenvalue weighted by molar-refractivity contribution is 5.17. The highest BCUT2D eigenvalue weighted by atomic mass is 19.1. The molecule has 1 fully saturated rings. The molecule has 0 aromatic carbocycles. The summed E-state index contributed by atoms with van der Waals surface area (Å²) in [4.78, 5) is 6.38. The van der Waals surface area contributed by atoms with E-state index in [0.29, 0.717) is 6.04 Å². The molecule has 118 valence electrons. The Morgan fingerprint density at radius 1 is 1.48 bits per heavy atom. The first-order valence-corrected chi connectivity index (χ1v) is 7.81. The van der Waals surface area contributed by atoms with Crippen LogP contribution in [0.3, 0.4) is 0 Å². The smallest absolute Gasteiger partial charge is 0.141 e. The van der Waals surface area contributed by atoms with Gasteiger partial charge in [-0.05, 0) is 38.4 Å². The SMILES string of the molecule is CCCNC(c1cncc(F)c1)C1CN(C(C)C)CCO1. The number of nitrogens with zero attached hydrogens (tertiary/aromatic N) is 2. The third-order valence-corrected chi connectivity index (χ3v) is 3.93. The average Bonchev–Trinajstić information content (AvgIpc) is 2.48. The van der Waals surface area contributed by atoms with Crippen LogP contribution in [0.2, 0.25) is 0 Å². The van der Waals surface area contributed by atoms with Gasteiger partial charge in [-0.25, -0.2) is 4.39 Å². The number of halogens is 1. The van der Waals surface area contributed by atoms with Crippen molar-refractivity contribution in [3.8, 4) is 0 Å². The molecule has 0 aliphatic carbocycles. The van der Waals surface area contributed by atoms with Crippen molar-refractivity contribution in [1.82, 2.24) is 15.2 Å². The van der Waals surface area contributed by atoms with E-state index in [0.717, 1.165) is 38.2 Å². The van der Waals surface area contributed by atoms with Gasteiger partial charge in [-0.3, -0.25) is 9.88 Å². The van der Waals surface area contributed by atoms with Crippen LogP contribution in [0.25, 0.3) is 0 Å². The summed E-state index contributed by atoms with van der Waals surface area (Å²) < 4.78 is 19.4. The van der Waals surface area contributed by atoms with Crippen LogP contribution < -0.4 is 5.32 Å². The number of pyridine rings is 1. The molecular formula is C16H26FN3O. The van der Waals surface area contributed by atoms with Crippen LogP contribution in [0.1, 0.15) is 38.8 Å². The minimum atomic E-state index is -0.299. The summed E-state index contributed by atoms with van der Waals surface area (Å²) in [5.41, 5.74) is 0.860. The Kier molecular flexibility index (Phi) is 6.08. The highest BCUT2D eigenvalue weighted by Crippen LogP contribution is 2.23. The summed E-state index contributed by atoms with van der Waals surface area (Å²) in [5, 5.41) is 3.48. The predicted molar refractivity (Wildman–Crippen MR) is 81.7 cm³/mol. The van der Waals surface area contributed by atoms with Crippen molar-refractivity contribution in [3.63, 3.8) is 0 Å². The first-order valence-electron chi connectivity index (χ1n) is 7.81. The van der Waals surface area contributed by atoms with Gasteiger partial charge in [-0.2, -0.15) is 0 Å². The van der Waals surface area contributed by atoms with Crippen molar-refractivity contribution < 1.29 is 9.13 Å². The third-order valence-electron chi connectivity index (χ3n) is 3.93. The van der Waals surface area contributed by atoms with Gasteiger partial charge in [-0.1, -0.05) is 6.92 Å². The molecule has 1 aromatic heterocycles. The molecule has 2 unspecified atom stereocenters. The summed E-state index contributed by atoms with van der Waals surface area (Å²) >= 11 is 0. The molecule has 2 rings (SSSR count). The zero-order valence-corrected chi connectivity index (χ0v) is 13.2. The summed E-state index contributed by atoms with van der Waals surface area (Å²) in [7, 11) is 0. The minimum Gasteiger partial charge on any atom is -0.374 e. The number of hydrogen-bond donors (Lipinski definition) is 1. The van der Waals surface area contributed by atoms with E-state index in [9.17, 15) is 4.39 Å². The molecule has 2 heterocycles. The molecular weight excluding hydrogens is 269 g/mol. The first-order chi connectivity index (χ1) is 10.1. The van der Waals surface area contributed by atoms with E-state index < -0.39 is 0 Å². The van der Waals surface area contributed by atoms with Gasteiger partial charge < -0.3 is 10.1 Å². The minimum absolute atomic E-state index is 0.0188. The number of ether oxygens (including phenoxy) is 1. The fourth-order valence-electron chi connectivity index (χ4n) is 2.73. The maximum Gasteiger partial charge on any atom is 0.141 e. The van der Waals surface area contributed by atoms with E-state index in [1.54, 1.807) is 12.3 Å². The fourth-order valence-corrected chi connectivity index (χ4v) is 2.73. The average molecular weight is 295 g/mol. The van der Waals surface area contributed by atoms with E-state index in [2.05, 4.69) is 36.0 Å². The second kappa shape index (κ2) is 7.82. The van der Waals surface area contributed by atoms with Crippen molar-refractivity contribution in [2.45, 2.75) is 45.4 Å². The first kappa shape index (κ1) is 16.3. The van der Waals surface area contributed by atoms with Crippen molar-refractivity contribution in [2.75, 3.05) is 26.2 Å². The Bertz CT molecular complexity index is 441. The second-order valence-electron chi connectivity index (χ2n) is 5.87. The van der Waals surface area contributed by atoms with Gasteiger partial charge >= 0.3 is 0 Å². The topological polar surface area (TPSA) is 37.4 Å². The Morgan fingerprint density at radius 3 is 2.95 bits per heavy atom. The summed E-state index contributed by atoms with van der Waals surface area (Å²) in [6, 6.07) is 2.03. The lowest BCUT2D eigenvalue weighted by atomic mass is 10.0. The van der Waals surface area contributed by atoms with Crippen LogP contribution in [0, 0.1) is 5.82 Å². The number of aromatic nitrogens is 1. The van der Waals surface area contributed by atoms with Gasteiger partial charge in [0.2, 0.25) is 0 Å². The molecule has 1 aliphatic heterocycles. The maximum absolute atomic E-state index is 13.5. The van der Waals surface area contributed by atoms with Gasteiger partial charge in [0.05, 0.1) is 24.9 Å². The molecule has 1 aromatic rings. The van der Waals surface area contributed by atoms with Crippen LogP contribution in [0.5, 0.6) is 0 Å². The number of hydrogen-bond acceptors (Lipinski definition) is 4. The summed E-state index contributed by atoms with van der Waals surface area (Å²) in [5.74, 6) is -0.299. The molecule has 1 saturated heterocycles. The Labute approximate surface area is 126 Å².